The van der Waals surface area contributed by atoms with E-state index in [9.17, 15) is 31.1 Å². The zero-order valence-corrected chi connectivity index (χ0v) is 14.1. The molecular weight excluding hydrogens is 404 g/mol. The number of carbonyl (C=O) groups is 1. The van der Waals surface area contributed by atoms with Crippen LogP contribution in [0.3, 0.4) is 0 Å². The standard InChI is InChI=1S/C14H9F6N3OS2/c15-13(16,17)7-4-8(14(18,19)20)6-9(5-7)21-12(25)23-22-11(24)10-2-1-3-26-10/h1-6H,(H,22,24)(H2,21,23,25). The number of hydrazine groups is 1. The van der Waals surface area contributed by atoms with Crippen molar-refractivity contribution in [1.82, 2.24) is 10.9 Å². The molecule has 0 aliphatic heterocycles. The van der Waals surface area contributed by atoms with Gasteiger partial charge in [0.1, 0.15) is 0 Å². The first-order valence-corrected chi connectivity index (χ1v) is 7.96. The van der Waals surface area contributed by atoms with Crippen LogP contribution in [0.15, 0.2) is 35.7 Å². The molecule has 12 heteroatoms. The third-order valence-electron chi connectivity index (χ3n) is 2.88. The summed E-state index contributed by atoms with van der Waals surface area (Å²) in [5.41, 5.74) is 0.865. The van der Waals surface area contributed by atoms with Crippen molar-refractivity contribution in [1.29, 1.82) is 0 Å². The first-order chi connectivity index (χ1) is 12.0. The van der Waals surface area contributed by atoms with Crippen LogP contribution in [0.5, 0.6) is 0 Å². The van der Waals surface area contributed by atoms with Crippen molar-refractivity contribution in [3.05, 3.63) is 51.7 Å². The minimum atomic E-state index is -4.97. The zero-order chi connectivity index (χ0) is 19.5. The van der Waals surface area contributed by atoms with Gasteiger partial charge >= 0.3 is 12.4 Å². The van der Waals surface area contributed by atoms with Crippen LogP contribution in [0.1, 0.15) is 20.8 Å². The molecule has 0 unspecified atom stereocenters. The first-order valence-electron chi connectivity index (χ1n) is 6.67. The monoisotopic (exact) mass is 413 g/mol. The van der Waals surface area contributed by atoms with Gasteiger partial charge in [-0.15, -0.1) is 11.3 Å². The summed E-state index contributed by atoms with van der Waals surface area (Å²) < 4.78 is 76.7. The first kappa shape index (κ1) is 20.0. The Morgan fingerprint density at radius 1 is 0.962 bits per heavy atom. The quantitative estimate of drug-likeness (QED) is 0.388. The summed E-state index contributed by atoms with van der Waals surface area (Å²) in [6.45, 7) is 0. The molecule has 0 atom stereocenters. The van der Waals surface area contributed by atoms with Gasteiger partial charge in [0.05, 0.1) is 16.0 Å². The van der Waals surface area contributed by atoms with E-state index in [1.165, 1.54) is 6.07 Å². The van der Waals surface area contributed by atoms with Crippen LogP contribution < -0.4 is 16.2 Å². The molecule has 2 aromatic rings. The highest BCUT2D eigenvalue weighted by molar-refractivity contribution is 7.80. The highest BCUT2D eigenvalue weighted by Crippen LogP contribution is 2.37. The molecule has 1 heterocycles. The predicted octanol–water partition coefficient (Wildman–Crippen LogP) is 4.42. The normalized spacial score (nSPS) is 11.8. The Labute approximate surface area is 152 Å². The van der Waals surface area contributed by atoms with Gasteiger partial charge in [-0.2, -0.15) is 26.3 Å². The fourth-order valence-corrected chi connectivity index (χ4v) is 2.56. The summed E-state index contributed by atoms with van der Waals surface area (Å²) in [4.78, 5) is 12.0. The Hall–Kier alpha value is -2.34. The number of carbonyl (C=O) groups excluding carboxylic acids is 1. The molecule has 1 aromatic carbocycles. The van der Waals surface area contributed by atoms with Crippen LogP contribution in [0.2, 0.25) is 0 Å². The van der Waals surface area contributed by atoms with Gasteiger partial charge in [-0.3, -0.25) is 15.6 Å². The van der Waals surface area contributed by atoms with Crippen molar-refractivity contribution in [3.63, 3.8) is 0 Å². The van der Waals surface area contributed by atoms with E-state index in [0.29, 0.717) is 17.0 Å². The van der Waals surface area contributed by atoms with Gasteiger partial charge in [0.2, 0.25) is 0 Å². The SMILES string of the molecule is O=C(NNC(=S)Nc1cc(C(F)(F)F)cc(C(F)(F)F)c1)c1cccs1. The highest BCUT2D eigenvalue weighted by atomic mass is 32.1. The average Bonchev–Trinajstić information content (AvgIpc) is 3.05. The molecule has 2 rings (SSSR count). The second-order valence-electron chi connectivity index (χ2n) is 4.81. The van der Waals surface area contributed by atoms with Gasteiger partial charge in [-0.1, -0.05) is 6.07 Å². The maximum Gasteiger partial charge on any atom is 0.416 e. The summed E-state index contributed by atoms with van der Waals surface area (Å²) in [5, 5.41) is 3.44. The number of hydrogen-bond donors (Lipinski definition) is 3. The van der Waals surface area contributed by atoms with E-state index in [4.69, 9.17) is 12.2 Å². The van der Waals surface area contributed by atoms with Gasteiger partial charge in [0, 0.05) is 5.69 Å². The smallest absolute Gasteiger partial charge is 0.331 e. The van der Waals surface area contributed by atoms with E-state index in [-0.39, 0.29) is 11.2 Å². The van der Waals surface area contributed by atoms with Crippen LogP contribution in [-0.2, 0) is 12.4 Å². The second-order valence-corrected chi connectivity index (χ2v) is 6.16. The van der Waals surface area contributed by atoms with Gasteiger partial charge in [-0.05, 0) is 41.9 Å². The van der Waals surface area contributed by atoms with Crippen molar-refractivity contribution in [2.45, 2.75) is 12.4 Å². The number of thiocarbonyl (C=S) groups is 1. The van der Waals surface area contributed by atoms with Crippen molar-refractivity contribution in [3.8, 4) is 0 Å². The Bertz CT molecular complexity index is 770. The van der Waals surface area contributed by atoms with Crippen LogP contribution in [0.4, 0.5) is 32.0 Å². The lowest BCUT2D eigenvalue weighted by molar-refractivity contribution is -0.143. The van der Waals surface area contributed by atoms with Crippen LogP contribution in [-0.4, -0.2) is 11.0 Å². The summed E-state index contributed by atoms with van der Waals surface area (Å²) in [6.07, 6.45) is -9.94. The summed E-state index contributed by atoms with van der Waals surface area (Å²) in [5.74, 6) is -0.566. The average molecular weight is 413 g/mol. The van der Waals surface area contributed by atoms with E-state index < -0.39 is 35.1 Å². The van der Waals surface area contributed by atoms with Crippen molar-refractivity contribution >= 4 is 40.3 Å². The minimum Gasteiger partial charge on any atom is -0.331 e. The third-order valence-corrected chi connectivity index (χ3v) is 3.95. The summed E-state index contributed by atoms with van der Waals surface area (Å²) >= 11 is 5.89. The van der Waals surface area contributed by atoms with Gasteiger partial charge < -0.3 is 5.32 Å². The van der Waals surface area contributed by atoms with Gasteiger partial charge in [-0.25, -0.2) is 0 Å². The molecule has 3 N–H and O–H groups in total. The Morgan fingerprint density at radius 3 is 2.00 bits per heavy atom. The molecule has 0 bridgehead atoms. The Kier molecular flexibility index (Phi) is 5.76. The molecule has 0 radical (unpaired) electrons. The van der Waals surface area contributed by atoms with E-state index in [1.807, 2.05) is 0 Å². The van der Waals surface area contributed by atoms with E-state index in [1.54, 1.807) is 11.4 Å². The number of benzene rings is 1. The van der Waals surface area contributed by atoms with Crippen molar-refractivity contribution in [2.75, 3.05) is 5.32 Å². The lowest BCUT2D eigenvalue weighted by Crippen LogP contribution is -2.43. The molecule has 0 fully saturated rings. The number of hydrogen-bond acceptors (Lipinski definition) is 3. The van der Waals surface area contributed by atoms with Crippen LogP contribution >= 0.6 is 23.6 Å². The number of anilines is 1. The number of nitrogens with one attached hydrogen (secondary N) is 3. The lowest BCUT2D eigenvalue weighted by atomic mass is 10.1. The second kappa shape index (κ2) is 7.50. The van der Waals surface area contributed by atoms with Crippen LogP contribution in [0.25, 0.3) is 0 Å². The summed E-state index contributed by atoms with van der Waals surface area (Å²) in [7, 11) is 0. The van der Waals surface area contributed by atoms with E-state index >= 15 is 0 Å². The topological polar surface area (TPSA) is 53.2 Å². The molecular formula is C14H9F6N3OS2. The van der Waals surface area contributed by atoms with E-state index in [2.05, 4.69) is 16.2 Å². The predicted molar refractivity (Wildman–Crippen MR) is 87.6 cm³/mol. The van der Waals surface area contributed by atoms with E-state index in [0.717, 1.165) is 11.3 Å². The molecule has 0 spiro atoms. The maximum atomic E-state index is 12.8. The van der Waals surface area contributed by atoms with Crippen molar-refractivity contribution in [2.24, 2.45) is 0 Å². The molecule has 0 aliphatic rings. The molecule has 4 nitrogen and oxygen atoms in total. The number of amides is 1. The molecule has 0 saturated heterocycles. The molecule has 0 saturated carbocycles. The molecule has 1 amide bonds. The molecule has 140 valence electrons. The number of thiophene rings is 1. The molecule has 26 heavy (non-hydrogen) atoms. The van der Waals surface area contributed by atoms with Gasteiger partial charge in [0.15, 0.2) is 5.11 Å². The molecule has 1 aromatic heterocycles. The van der Waals surface area contributed by atoms with Gasteiger partial charge in [0.25, 0.3) is 5.91 Å². The molecule has 0 aliphatic carbocycles. The fraction of sp³-hybridized carbons (Fsp3) is 0.143. The fourth-order valence-electron chi connectivity index (χ4n) is 1.77. The largest absolute Gasteiger partial charge is 0.416 e. The minimum absolute atomic E-state index is 0.000222. The Balaban J connectivity index is 2.12. The van der Waals surface area contributed by atoms with Crippen molar-refractivity contribution < 1.29 is 31.1 Å². The van der Waals surface area contributed by atoms with Crippen LogP contribution in [0, 0.1) is 0 Å². The number of rotatable bonds is 2. The summed E-state index contributed by atoms with van der Waals surface area (Å²) in [6, 6.07) is 4.09. The highest BCUT2D eigenvalue weighted by Gasteiger charge is 2.37. The number of alkyl halides is 6. The maximum absolute atomic E-state index is 12.8. The number of halogens is 6. The lowest BCUT2D eigenvalue weighted by Gasteiger charge is -2.16. The zero-order valence-electron chi connectivity index (χ0n) is 12.5. The third kappa shape index (κ3) is 5.33. The Morgan fingerprint density at radius 2 is 1.54 bits per heavy atom.